The third kappa shape index (κ3) is 19.0. The Hall–Kier alpha value is -11.4. The van der Waals surface area contributed by atoms with Gasteiger partial charge in [0.1, 0.15) is 70.6 Å². The van der Waals surface area contributed by atoms with Gasteiger partial charge in [0.2, 0.25) is 0 Å². The van der Waals surface area contributed by atoms with Crippen molar-refractivity contribution >= 4 is 11.4 Å². The highest BCUT2D eigenvalue weighted by Crippen LogP contribution is 2.49. The molecule has 14 nitrogen and oxygen atoms in total. The smallest absolute Gasteiger partial charge is 0.174 e. The average molecular weight is 1640 g/mol. The molecule has 14 heteroatoms. The largest absolute Gasteiger partial charge is 0.507 e. The summed E-state index contributed by atoms with van der Waals surface area (Å²) in [7, 11) is 0. The van der Waals surface area contributed by atoms with Crippen LogP contribution in [0.3, 0.4) is 0 Å². The molecule has 0 aliphatic heterocycles. The molecule has 0 amide bonds. The summed E-state index contributed by atoms with van der Waals surface area (Å²) in [5.41, 5.74) is 22.5. The van der Waals surface area contributed by atoms with Crippen LogP contribution in [0.25, 0.3) is 22.5 Å². The van der Waals surface area contributed by atoms with E-state index in [0.29, 0.717) is 116 Å². The quantitative estimate of drug-likeness (QED) is 0.0705. The molecule has 0 saturated carbocycles. The van der Waals surface area contributed by atoms with Gasteiger partial charge in [-0.15, -0.1) is 0 Å². The maximum atomic E-state index is 12.7. The van der Waals surface area contributed by atoms with Crippen molar-refractivity contribution in [3.63, 3.8) is 0 Å². The highest BCUT2D eigenvalue weighted by Gasteiger charge is 2.33. The second kappa shape index (κ2) is 32.1. The highest BCUT2D eigenvalue weighted by molar-refractivity contribution is 5.66. The molecule has 0 radical (unpaired) electrons. The van der Waals surface area contributed by atoms with Crippen LogP contribution in [0.15, 0.2) is 177 Å². The van der Waals surface area contributed by atoms with Gasteiger partial charge in [0.25, 0.3) is 0 Å². The maximum absolute atomic E-state index is 12.7. The SMILES string of the molecule is CC(C)(C)c1cc2c(O)c(c1)Cc1cc(C(C)(C)C)cc(c1O)Cc1cc(C(C)(C)C)cc(c1OCc1cc(-c3ccc(N=Nc4ccc(-c5cc(COc6c7cc(C(C)(C)C)cc6Cc6cc(C(C)(C)C)cc(c6O)Cc6cc(C(C)(C)C)cc(c6O)Cc6cc(C(C)(C)C)cc(c6O)C7)on5)cc4)cc3)no1)Cc1cc(C(C)(C)C)cc(c1O)C2. The van der Waals surface area contributed by atoms with Gasteiger partial charge in [0.15, 0.2) is 11.5 Å². The molecule has 10 aromatic carbocycles. The molecule has 2 heterocycles. The molecule has 6 N–H and O–H groups in total. The summed E-state index contributed by atoms with van der Waals surface area (Å²) in [5.74, 6) is 3.28. The van der Waals surface area contributed by atoms with Crippen molar-refractivity contribution in [3.05, 3.63) is 303 Å². The molecule has 2 aliphatic carbocycles. The zero-order chi connectivity index (χ0) is 88.2. The molecule has 0 unspecified atom stereocenters. The minimum atomic E-state index is -0.294. The summed E-state index contributed by atoms with van der Waals surface area (Å²) >= 11 is 0. The monoisotopic (exact) mass is 1640 g/mol. The Labute approximate surface area is 722 Å². The van der Waals surface area contributed by atoms with Crippen molar-refractivity contribution < 1.29 is 49.2 Å². The molecule has 0 fully saturated rings. The minimum Gasteiger partial charge on any atom is -0.507 e. The number of phenolic OH excluding ortho intramolecular Hbond substituents is 6. The molecule has 2 aromatic heterocycles. The van der Waals surface area contributed by atoms with Gasteiger partial charge in [-0.2, -0.15) is 10.2 Å². The van der Waals surface area contributed by atoms with E-state index in [1.807, 2.05) is 60.7 Å². The standard InChI is InChI=1S/C108H124N4O10/c1-101(2,3)79-41-63-33-67-45-81(103(7,8)9)49-71(95(67)115)37-75-53-85(107(19,20)21)54-76(38-72-50-82(104(10,11)12)46-68(96(72)116)34-64(42-79)93(63)113)99(75)119-59-89-57-91(111-121-89)61-25-29-87(30-26-61)109-110-88-31-27-62(28-32-88)92-58-90(122-112-92)60-120-100-77-39-73-51-83(105(13,14)15)47-69(97(73)117)35-65-43-80(102(4,5)6)44-66(94(65)114)36-70-48-84(106(16,17)18)52-74(98(70)118)40-78(100)56-86(55-77)108(22,23)24/h25-32,41-58,113-118H,33-40,59-60H2,1-24H3. The summed E-state index contributed by atoms with van der Waals surface area (Å²) in [4.78, 5) is 0. The number of aromatic hydroxyl groups is 6. The van der Waals surface area contributed by atoms with Crippen molar-refractivity contribution in [2.24, 2.45) is 10.2 Å². The van der Waals surface area contributed by atoms with Crippen molar-refractivity contribution in [2.75, 3.05) is 0 Å². The van der Waals surface area contributed by atoms with Crippen LogP contribution in [0.2, 0.25) is 0 Å². The number of nitrogens with zero attached hydrogens (tertiary/aromatic N) is 4. The van der Waals surface area contributed by atoms with Crippen molar-refractivity contribution in [2.45, 2.75) is 274 Å². The zero-order valence-electron chi connectivity index (χ0n) is 76.2. The van der Waals surface area contributed by atoms with Gasteiger partial charge in [0.05, 0.1) is 11.4 Å². The lowest BCUT2D eigenvalue weighted by atomic mass is 9.79. The van der Waals surface area contributed by atoms with Gasteiger partial charge < -0.3 is 49.2 Å². The zero-order valence-corrected chi connectivity index (χ0v) is 76.2. The molecule has 0 atom stereocenters. The second-order valence-electron chi connectivity index (χ2n) is 42.7. The molecule has 0 saturated heterocycles. The van der Waals surface area contributed by atoms with E-state index >= 15 is 0 Å². The van der Waals surface area contributed by atoms with Gasteiger partial charge in [-0.1, -0.05) is 298 Å². The molecule has 122 heavy (non-hydrogen) atoms. The molecule has 2 aliphatic rings. The average Bonchev–Trinajstić information content (AvgIpc) is 0.784. The fourth-order valence-electron chi connectivity index (χ4n) is 16.5. The van der Waals surface area contributed by atoms with Crippen LogP contribution in [0, 0.1) is 0 Å². The predicted octanol–water partition coefficient (Wildman–Crippen LogP) is 26.5. The Morgan fingerprint density at radius 1 is 0.246 bits per heavy atom. The first-order chi connectivity index (χ1) is 56.9. The first-order valence-electron chi connectivity index (χ1n) is 43.1. The summed E-state index contributed by atoms with van der Waals surface area (Å²) < 4.78 is 26.4. The predicted molar refractivity (Wildman–Crippen MR) is 490 cm³/mol. The first-order valence-corrected chi connectivity index (χ1v) is 43.1. The van der Waals surface area contributed by atoms with E-state index in [4.69, 9.17) is 18.5 Å². The molecule has 16 bridgehead atoms. The van der Waals surface area contributed by atoms with Gasteiger partial charge >= 0.3 is 0 Å². The molecule has 14 rings (SSSR count). The topological polar surface area (TPSA) is 217 Å². The number of hydrogen-bond donors (Lipinski definition) is 6. The van der Waals surface area contributed by atoms with Crippen LogP contribution in [-0.2, 0) is 108 Å². The normalized spacial score (nSPS) is 13.9. The molecule has 0 spiro atoms. The Morgan fingerprint density at radius 2 is 0.410 bits per heavy atom. The Morgan fingerprint density at radius 3 is 0.582 bits per heavy atom. The number of ether oxygens (including phenoxy) is 2. The number of aromatic nitrogens is 2. The summed E-state index contributed by atoms with van der Waals surface area (Å²) in [5, 5.41) is 93.7. The van der Waals surface area contributed by atoms with Gasteiger partial charge in [-0.3, -0.25) is 0 Å². The lowest BCUT2D eigenvalue weighted by Gasteiger charge is -2.27. The van der Waals surface area contributed by atoms with Crippen LogP contribution >= 0.6 is 0 Å². The third-order valence-electron chi connectivity index (χ3n) is 24.5. The van der Waals surface area contributed by atoms with E-state index in [-0.39, 0.29) is 117 Å². The van der Waals surface area contributed by atoms with Gasteiger partial charge in [0, 0.05) is 74.6 Å². The fraction of sp³-hybridized carbons (Fsp3) is 0.389. The Kier molecular flexibility index (Phi) is 22.9. The maximum Gasteiger partial charge on any atom is 0.174 e. The number of hydrogen-bond acceptors (Lipinski definition) is 14. The number of fused-ring (bicyclic) bond motifs is 16. The lowest BCUT2D eigenvalue weighted by Crippen LogP contribution is -2.16. The minimum absolute atomic E-state index is 0.0336. The Balaban J connectivity index is 0.722. The highest BCUT2D eigenvalue weighted by atomic mass is 16.5. The van der Waals surface area contributed by atoms with Crippen molar-refractivity contribution in [1.29, 1.82) is 0 Å². The number of phenols is 6. The van der Waals surface area contributed by atoms with E-state index in [0.717, 1.165) is 100 Å². The summed E-state index contributed by atoms with van der Waals surface area (Å²) in [6, 6.07) is 53.0. The van der Waals surface area contributed by atoms with Crippen molar-refractivity contribution in [3.8, 4) is 68.5 Å². The second-order valence-corrected chi connectivity index (χ2v) is 42.7. The van der Waals surface area contributed by atoms with Gasteiger partial charge in [-0.25, -0.2) is 0 Å². The summed E-state index contributed by atoms with van der Waals surface area (Å²) in [6.45, 7) is 52.5. The summed E-state index contributed by atoms with van der Waals surface area (Å²) in [6.07, 6.45) is 2.43. The van der Waals surface area contributed by atoms with E-state index < -0.39 is 0 Å². The number of benzene rings is 10. The van der Waals surface area contributed by atoms with Crippen LogP contribution in [0.4, 0.5) is 11.4 Å². The van der Waals surface area contributed by atoms with E-state index in [1.165, 1.54) is 0 Å². The van der Waals surface area contributed by atoms with Crippen LogP contribution in [0.5, 0.6) is 46.0 Å². The first kappa shape index (κ1) is 87.0. The Bertz CT molecular complexity index is 5430. The number of azo groups is 1. The lowest BCUT2D eigenvalue weighted by molar-refractivity contribution is 0.246. The molecule has 636 valence electrons. The molecular weight excluding hydrogens is 1510 g/mol. The number of rotatable bonds is 10. The fourth-order valence-corrected chi connectivity index (χ4v) is 16.5. The molecule has 12 aromatic rings. The van der Waals surface area contributed by atoms with Gasteiger partial charge in [-0.05, 0) is 201 Å². The van der Waals surface area contributed by atoms with E-state index in [1.54, 1.807) is 0 Å². The van der Waals surface area contributed by atoms with Crippen LogP contribution < -0.4 is 9.47 Å². The molecular formula is C108H124N4O10. The van der Waals surface area contributed by atoms with E-state index in [2.05, 4.69) is 284 Å². The van der Waals surface area contributed by atoms with Crippen LogP contribution in [0.1, 0.15) is 311 Å². The van der Waals surface area contributed by atoms with Crippen molar-refractivity contribution in [1.82, 2.24) is 10.3 Å². The van der Waals surface area contributed by atoms with Crippen LogP contribution in [-0.4, -0.2) is 41.0 Å². The third-order valence-corrected chi connectivity index (χ3v) is 24.5. The van der Waals surface area contributed by atoms with E-state index in [9.17, 15) is 30.6 Å².